The molecule has 3 aromatic carbocycles. The highest BCUT2D eigenvalue weighted by Gasteiger charge is 2.20. The van der Waals surface area contributed by atoms with Crippen molar-refractivity contribution >= 4 is 22.6 Å². The van der Waals surface area contributed by atoms with Crippen LogP contribution < -0.4 is 19.5 Å². The molecule has 6 heteroatoms. The number of methoxy groups -OCH3 is 2. The predicted molar refractivity (Wildman–Crippen MR) is 152 cm³/mol. The molecule has 0 fully saturated rings. The highest BCUT2D eigenvalue weighted by atomic mass is 16.6. The number of ether oxygens (including phenoxy) is 3. The van der Waals surface area contributed by atoms with Gasteiger partial charge in [0.05, 0.1) is 20.1 Å². The molecule has 1 unspecified atom stereocenters. The number of amides is 1. The topological polar surface area (TPSA) is 73.9 Å². The van der Waals surface area contributed by atoms with Gasteiger partial charge in [0.25, 0.3) is 0 Å². The second-order valence-electron chi connectivity index (χ2n) is 10.2. The zero-order valence-corrected chi connectivity index (χ0v) is 23.3. The van der Waals surface area contributed by atoms with Crippen molar-refractivity contribution in [3.05, 3.63) is 65.7 Å². The van der Waals surface area contributed by atoms with Gasteiger partial charge in [-0.3, -0.25) is 9.59 Å². The van der Waals surface area contributed by atoms with Gasteiger partial charge in [-0.15, -0.1) is 0 Å². The maximum atomic E-state index is 13.0. The van der Waals surface area contributed by atoms with Crippen LogP contribution in [0.4, 0.5) is 0 Å². The molecule has 0 aliphatic heterocycles. The Hall–Kier alpha value is -3.54. The first-order valence-corrected chi connectivity index (χ1v) is 13.5. The molecule has 38 heavy (non-hydrogen) atoms. The molecular formula is C32H41NO5. The molecule has 204 valence electrons. The highest BCUT2D eigenvalue weighted by molar-refractivity contribution is 5.87. The van der Waals surface area contributed by atoms with E-state index in [1.54, 1.807) is 19.2 Å². The molecule has 0 aliphatic rings. The normalized spacial score (nSPS) is 11.8. The van der Waals surface area contributed by atoms with Crippen LogP contribution in [-0.4, -0.2) is 26.1 Å². The maximum Gasteiger partial charge on any atom is 0.318 e. The molecule has 0 spiro atoms. The predicted octanol–water partition coefficient (Wildman–Crippen LogP) is 7.18. The summed E-state index contributed by atoms with van der Waals surface area (Å²) in [6, 6.07) is 17.1. The number of carbonyl (C=O) groups is 2. The Morgan fingerprint density at radius 1 is 0.789 bits per heavy atom. The van der Waals surface area contributed by atoms with Gasteiger partial charge in [0.2, 0.25) is 5.91 Å². The molecule has 0 saturated heterocycles. The van der Waals surface area contributed by atoms with Gasteiger partial charge in [-0.05, 0) is 65.4 Å². The first-order valence-electron chi connectivity index (χ1n) is 13.5. The van der Waals surface area contributed by atoms with E-state index in [4.69, 9.17) is 14.2 Å². The molecule has 1 atom stereocenters. The summed E-state index contributed by atoms with van der Waals surface area (Å²) in [5.74, 6) is 1.55. The molecule has 6 nitrogen and oxygen atoms in total. The van der Waals surface area contributed by atoms with Crippen LogP contribution in [0.15, 0.2) is 54.6 Å². The van der Waals surface area contributed by atoms with E-state index in [2.05, 4.69) is 19.2 Å². The van der Waals surface area contributed by atoms with E-state index in [-0.39, 0.29) is 11.9 Å². The van der Waals surface area contributed by atoms with Gasteiger partial charge in [0, 0.05) is 13.0 Å². The fourth-order valence-electron chi connectivity index (χ4n) is 4.36. The van der Waals surface area contributed by atoms with Crippen LogP contribution in [0.2, 0.25) is 0 Å². The lowest BCUT2D eigenvalue weighted by Crippen LogP contribution is -2.22. The summed E-state index contributed by atoms with van der Waals surface area (Å²) in [6.45, 7) is 6.70. The largest absolute Gasteiger partial charge is 0.497 e. The van der Waals surface area contributed by atoms with Crippen LogP contribution in [0, 0.1) is 5.92 Å². The fraction of sp³-hybridized carbons (Fsp3) is 0.438. The molecule has 0 aromatic heterocycles. The Bertz CT molecular complexity index is 1220. The van der Waals surface area contributed by atoms with Crippen LogP contribution in [0.3, 0.4) is 0 Å². The SMILES string of the molecule is COc1ccc2cc(C(C)C(=O)Oc3ccc(CNC(=O)CCCCCCC(C)C)cc3OC)ccc2c1. The Labute approximate surface area is 226 Å². The van der Waals surface area contributed by atoms with Gasteiger partial charge in [-0.1, -0.05) is 69.9 Å². The van der Waals surface area contributed by atoms with Crippen LogP contribution in [0.1, 0.15) is 76.3 Å². The number of hydrogen-bond acceptors (Lipinski definition) is 5. The molecule has 0 heterocycles. The van der Waals surface area contributed by atoms with Crippen molar-refractivity contribution in [2.24, 2.45) is 5.92 Å². The van der Waals surface area contributed by atoms with E-state index < -0.39 is 5.92 Å². The summed E-state index contributed by atoms with van der Waals surface area (Å²) >= 11 is 0. The number of rotatable bonds is 14. The standard InChI is InChI=1S/C32H41NO5/c1-22(2)10-8-6-7-9-11-31(34)33-21-24-12-17-29(30(18-24)37-5)38-32(35)23(3)25-13-14-27-20-28(36-4)16-15-26(27)19-25/h12-20,22-23H,6-11,21H2,1-5H3,(H,33,34). The van der Waals surface area contributed by atoms with Gasteiger partial charge >= 0.3 is 5.97 Å². The van der Waals surface area contributed by atoms with Crippen molar-refractivity contribution in [1.82, 2.24) is 5.32 Å². The summed E-state index contributed by atoms with van der Waals surface area (Å²) in [5.41, 5.74) is 1.75. The van der Waals surface area contributed by atoms with Crippen molar-refractivity contribution in [1.29, 1.82) is 0 Å². The van der Waals surface area contributed by atoms with Crippen molar-refractivity contribution < 1.29 is 23.8 Å². The van der Waals surface area contributed by atoms with Gasteiger partial charge in [0.1, 0.15) is 5.75 Å². The minimum Gasteiger partial charge on any atom is -0.497 e. The van der Waals surface area contributed by atoms with Gasteiger partial charge in [-0.25, -0.2) is 0 Å². The average molecular weight is 520 g/mol. The number of fused-ring (bicyclic) bond motifs is 1. The summed E-state index contributed by atoms with van der Waals surface area (Å²) in [6.07, 6.45) is 6.18. The quantitative estimate of drug-likeness (QED) is 0.139. The lowest BCUT2D eigenvalue weighted by Gasteiger charge is -2.15. The zero-order valence-electron chi connectivity index (χ0n) is 23.3. The second kappa shape index (κ2) is 14.4. The maximum absolute atomic E-state index is 13.0. The number of carbonyl (C=O) groups excluding carboxylic acids is 2. The van der Waals surface area contributed by atoms with Gasteiger partial charge < -0.3 is 19.5 Å². The van der Waals surface area contributed by atoms with Crippen LogP contribution >= 0.6 is 0 Å². The molecule has 0 bridgehead atoms. The molecule has 0 saturated carbocycles. The Morgan fingerprint density at radius 2 is 1.53 bits per heavy atom. The van der Waals surface area contributed by atoms with Gasteiger partial charge in [-0.2, -0.15) is 0 Å². The molecule has 1 N–H and O–H groups in total. The third-order valence-corrected chi connectivity index (χ3v) is 6.79. The fourth-order valence-corrected chi connectivity index (χ4v) is 4.36. The van der Waals surface area contributed by atoms with Crippen LogP contribution in [0.25, 0.3) is 10.8 Å². The third-order valence-electron chi connectivity index (χ3n) is 6.79. The van der Waals surface area contributed by atoms with E-state index >= 15 is 0 Å². The number of unbranched alkanes of at least 4 members (excludes halogenated alkanes) is 3. The van der Waals surface area contributed by atoms with E-state index in [1.807, 2.05) is 49.4 Å². The molecule has 3 rings (SSSR count). The highest BCUT2D eigenvalue weighted by Crippen LogP contribution is 2.31. The third kappa shape index (κ3) is 8.51. The molecular weight excluding hydrogens is 478 g/mol. The summed E-state index contributed by atoms with van der Waals surface area (Å²) in [5, 5.41) is 5.04. The minimum absolute atomic E-state index is 0.0472. The lowest BCUT2D eigenvalue weighted by molar-refractivity contribution is -0.135. The molecule has 1 amide bonds. The van der Waals surface area contributed by atoms with E-state index in [0.29, 0.717) is 24.5 Å². The smallest absolute Gasteiger partial charge is 0.318 e. The number of hydrogen-bond donors (Lipinski definition) is 1. The van der Waals surface area contributed by atoms with Crippen LogP contribution in [-0.2, 0) is 16.1 Å². The van der Waals surface area contributed by atoms with E-state index in [1.165, 1.54) is 26.4 Å². The van der Waals surface area contributed by atoms with Crippen molar-refractivity contribution in [2.45, 2.75) is 71.8 Å². The van der Waals surface area contributed by atoms with E-state index in [9.17, 15) is 9.59 Å². The molecule has 0 aliphatic carbocycles. The first kappa shape index (κ1) is 29.0. The Balaban J connectivity index is 1.53. The number of benzene rings is 3. The monoisotopic (exact) mass is 519 g/mol. The van der Waals surface area contributed by atoms with Crippen molar-refractivity contribution in [2.75, 3.05) is 14.2 Å². The Morgan fingerprint density at radius 3 is 2.26 bits per heavy atom. The summed E-state index contributed by atoms with van der Waals surface area (Å²) in [7, 11) is 3.18. The average Bonchev–Trinajstić information content (AvgIpc) is 2.92. The van der Waals surface area contributed by atoms with Crippen molar-refractivity contribution in [3.63, 3.8) is 0 Å². The van der Waals surface area contributed by atoms with Crippen LogP contribution in [0.5, 0.6) is 17.2 Å². The van der Waals surface area contributed by atoms with E-state index in [0.717, 1.165) is 46.4 Å². The summed E-state index contributed by atoms with van der Waals surface area (Å²) < 4.78 is 16.5. The lowest BCUT2D eigenvalue weighted by atomic mass is 9.98. The first-order chi connectivity index (χ1) is 18.3. The van der Waals surface area contributed by atoms with Crippen molar-refractivity contribution in [3.8, 4) is 17.2 Å². The summed E-state index contributed by atoms with van der Waals surface area (Å²) in [4.78, 5) is 25.2. The zero-order chi connectivity index (χ0) is 27.5. The number of nitrogens with one attached hydrogen (secondary N) is 1. The minimum atomic E-state index is -0.462. The molecule has 0 radical (unpaired) electrons. The number of esters is 1. The molecule has 3 aromatic rings. The second-order valence-corrected chi connectivity index (χ2v) is 10.2. The Kier molecular flexibility index (Phi) is 11.0. The van der Waals surface area contributed by atoms with Gasteiger partial charge in [0.15, 0.2) is 11.5 Å².